The molecule has 1 amide bonds. The van der Waals surface area contributed by atoms with Gasteiger partial charge < -0.3 is 10.1 Å². The average molecular weight is 242 g/mol. The summed E-state index contributed by atoms with van der Waals surface area (Å²) < 4.78 is 5.12. The third kappa shape index (κ3) is 2.48. The van der Waals surface area contributed by atoms with Crippen molar-refractivity contribution >= 4 is 17.5 Å². The van der Waals surface area contributed by atoms with Crippen molar-refractivity contribution in [2.75, 3.05) is 7.11 Å². The molecule has 16 heavy (non-hydrogen) atoms. The minimum Gasteiger partial charge on any atom is -0.381 e. The van der Waals surface area contributed by atoms with Crippen molar-refractivity contribution in [3.8, 4) is 0 Å². The van der Waals surface area contributed by atoms with Gasteiger partial charge in [-0.1, -0.05) is 11.6 Å². The van der Waals surface area contributed by atoms with Gasteiger partial charge in [-0.15, -0.1) is 10.2 Å². The molecular formula is C10H12ClN3O2. The van der Waals surface area contributed by atoms with Gasteiger partial charge in [0.05, 0.1) is 6.10 Å². The van der Waals surface area contributed by atoms with E-state index in [0.717, 1.165) is 12.8 Å². The van der Waals surface area contributed by atoms with Crippen LogP contribution in [0.5, 0.6) is 0 Å². The molecule has 1 N–H and O–H groups in total. The number of halogens is 1. The second-order valence-electron chi connectivity index (χ2n) is 3.74. The number of carbonyl (C=O) groups excluding carboxylic acids is 1. The van der Waals surface area contributed by atoms with Crippen molar-refractivity contribution < 1.29 is 9.53 Å². The van der Waals surface area contributed by atoms with Gasteiger partial charge in [0.25, 0.3) is 5.91 Å². The highest BCUT2D eigenvalue weighted by Crippen LogP contribution is 2.22. The van der Waals surface area contributed by atoms with Crippen LogP contribution in [0.25, 0.3) is 0 Å². The van der Waals surface area contributed by atoms with Crippen LogP contribution >= 0.6 is 11.6 Å². The fourth-order valence-corrected chi connectivity index (χ4v) is 1.67. The summed E-state index contributed by atoms with van der Waals surface area (Å²) in [5.41, 5.74) is 0.283. The fourth-order valence-electron chi connectivity index (χ4n) is 1.57. The molecular weight excluding hydrogens is 230 g/mol. The highest BCUT2D eigenvalue weighted by Gasteiger charge is 2.30. The summed E-state index contributed by atoms with van der Waals surface area (Å²) in [6.07, 6.45) is 1.97. The number of ether oxygens (including phenoxy) is 1. The van der Waals surface area contributed by atoms with E-state index in [4.69, 9.17) is 16.3 Å². The number of nitrogens with zero attached hydrogens (tertiary/aromatic N) is 2. The number of rotatable bonds is 3. The quantitative estimate of drug-likeness (QED) is 0.859. The Morgan fingerprint density at radius 3 is 2.81 bits per heavy atom. The molecule has 2 rings (SSSR count). The van der Waals surface area contributed by atoms with Gasteiger partial charge in [0, 0.05) is 13.2 Å². The second kappa shape index (κ2) is 4.76. The maximum absolute atomic E-state index is 11.7. The SMILES string of the molecule is COC1CC(NC(=O)c2ccc(Cl)nn2)C1. The third-order valence-electron chi connectivity index (χ3n) is 2.63. The topological polar surface area (TPSA) is 64.1 Å². The Balaban J connectivity index is 1.87. The maximum Gasteiger partial charge on any atom is 0.272 e. The van der Waals surface area contributed by atoms with Crippen LogP contribution in [0.2, 0.25) is 5.15 Å². The number of nitrogens with one attached hydrogen (secondary N) is 1. The Morgan fingerprint density at radius 1 is 1.50 bits per heavy atom. The summed E-state index contributed by atoms with van der Waals surface area (Å²) in [7, 11) is 1.67. The molecule has 5 nitrogen and oxygen atoms in total. The smallest absolute Gasteiger partial charge is 0.272 e. The van der Waals surface area contributed by atoms with E-state index in [1.165, 1.54) is 0 Å². The van der Waals surface area contributed by atoms with Gasteiger partial charge in [0.15, 0.2) is 10.8 Å². The van der Waals surface area contributed by atoms with Gasteiger partial charge in [-0.2, -0.15) is 0 Å². The molecule has 0 radical (unpaired) electrons. The maximum atomic E-state index is 11.7. The van der Waals surface area contributed by atoms with Crippen LogP contribution in [0.3, 0.4) is 0 Å². The van der Waals surface area contributed by atoms with Gasteiger partial charge in [-0.3, -0.25) is 4.79 Å². The molecule has 6 heteroatoms. The Hall–Kier alpha value is -1.20. The standard InChI is InChI=1S/C10H12ClN3O2/c1-16-7-4-6(5-7)12-10(15)8-2-3-9(11)14-13-8/h2-3,6-7H,4-5H2,1H3,(H,12,15). The number of hydrogen-bond acceptors (Lipinski definition) is 4. The first kappa shape index (κ1) is 11.3. The van der Waals surface area contributed by atoms with Crippen LogP contribution in [0.4, 0.5) is 0 Å². The van der Waals surface area contributed by atoms with Crippen molar-refractivity contribution in [3.05, 3.63) is 23.0 Å². The molecule has 0 saturated heterocycles. The number of hydrogen-bond donors (Lipinski definition) is 1. The van der Waals surface area contributed by atoms with Gasteiger partial charge in [-0.25, -0.2) is 0 Å². The lowest BCUT2D eigenvalue weighted by atomic mass is 9.89. The molecule has 0 bridgehead atoms. The normalized spacial score (nSPS) is 23.6. The molecule has 1 aromatic heterocycles. The second-order valence-corrected chi connectivity index (χ2v) is 4.13. The highest BCUT2D eigenvalue weighted by molar-refractivity contribution is 6.29. The molecule has 0 aromatic carbocycles. The number of methoxy groups -OCH3 is 1. The fraction of sp³-hybridized carbons (Fsp3) is 0.500. The van der Waals surface area contributed by atoms with E-state index >= 15 is 0 Å². The molecule has 0 aliphatic heterocycles. The monoisotopic (exact) mass is 241 g/mol. The number of aromatic nitrogens is 2. The van der Waals surface area contributed by atoms with Crippen molar-refractivity contribution in [3.63, 3.8) is 0 Å². The predicted octanol–water partition coefficient (Wildman–Crippen LogP) is 1.04. The molecule has 86 valence electrons. The first-order chi connectivity index (χ1) is 7.69. The number of carbonyl (C=O) groups is 1. The van der Waals surface area contributed by atoms with Crippen LogP contribution < -0.4 is 5.32 Å². The van der Waals surface area contributed by atoms with Crippen molar-refractivity contribution in [1.82, 2.24) is 15.5 Å². The third-order valence-corrected chi connectivity index (χ3v) is 2.83. The molecule has 0 atom stereocenters. The zero-order valence-corrected chi connectivity index (χ0v) is 9.57. The van der Waals surface area contributed by atoms with E-state index in [9.17, 15) is 4.79 Å². The van der Waals surface area contributed by atoms with E-state index in [2.05, 4.69) is 15.5 Å². The zero-order valence-electron chi connectivity index (χ0n) is 8.81. The van der Waals surface area contributed by atoms with E-state index in [0.29, 0.717) is 0 Å². The van der Waals surface area contributed by atoms with E-state index < -0.39 is 0 Å². The van der Waals surface area contributed by atoms with E-state index in [1.54, 1.807) is 19.2 Å². The van der Waals surface area contributed by atoms with Crippen LogP contribution in [0.1, 0.15) is 23.3 Å². The Bertz CT molecular complexity index is 376. The zero-order chi connectivity index (χ0) is 11.5. The van der Waals surface area contributed by atoms with Gasteiger partial charge in [-0.05, 0) is 25.0 Å². The summed E-state index contributed by atoms with van der Waals surface area (Å²) in [5.74, 6) is -0.219. The highest BCUT2D eigenvalue weighted by atomic mass is 35.5. The van der Waals surface area contributed by atoms with Crippen molar-refractivity contribution in [2.24, 2.45) is 0 Å². The van der Waals surface area contributed by atoms with Gasteiger partial charge >= 0.3 is 0 Å². The predicted molar refractivity (Wildman–Crippen MR) is 58.3 cm³/mol. The lowest BCUT2D eigenvalue weighted by molar-refractivity contribution is 0.0175. The van der Waals surface area contributed by atoms with E-state index in [1.807, 2.05) is 0 Å². The summed E-state index contributed by atoms with van der Waals surface area (Å²) in [5, 5.41) is 10.4. The molecule has 0 spiro atoms. The van der Waals surface area contributed by atoms with Crippen molar-refractivity contribution in [1.29, 1.82) is 0 Å². The molecule has 1 aliphatic carbocycles. The molecule has 1 fully saturated rings. The first-order valence-electron chi connectivity index (χ1n) is 5.02. The molecule has 1 heterocycles. The van der Waals surface area contributed by atoms with Crippen LogP contribution in [-0.2, 0) is 4.74 Å². The number of amides is 1. The van der Waals surface area contributed by atoms with Gasteiger partial charge in [0.2, 0.25) is 0 Å². The van der Waals surface area contributed by atoms with Crippen LogP contribution in [-0.4, -0.2) is 35.4 Å². The molecule has 1 aliphatic rings. The summed E-state index contributed by atoms with van der Waals surface area (Å²) in [4.78, 5) is 11.7. The lowest BCUT2D eigenvalue weighted by Gasteiger charge is -2.34. The minimum atomic E-state index is -0.219. The summed E-state index contributed by atoms with van der Waals surface area (Å²) >= 11 is 5.58. The molecule has 0 unspecified atom stereocenters. The Labute approximate surface area is 98.2 Å². The molecule has 1 saturated carbocycles. The lowest BCUT2D eigenvalue weighted by Crippen LogP contribution is -2.47. The average Bonchev–Trinajstić information content (AvgIpc) is 2.23. The Morgan fingerprint density at radius 2 is 2.25 bits per heavy atom. The Kier molecular flexibility index (Phi) is 3.36. The first-order valence-corrected chi connectivity index (χ1v) is 5.39. The largest absolute Gasteiger partial charge is 0.381 e. The van der Waals surface area contributed by atoms with E-state index in [-0.39, 0.29) is 28.9 Å². The van der Waals surface area contributed by atoms with Gasteiger partial charge in [0.1, 0.15) is 0 Å². The van der Waals surface area contributed by atoms with Crippen molar-refractivity contribution in [2.45, 2.75) is 25.0 Å². The molecule has 1 aromatic rings. The summed E-state index contributed by atoms with van der Waals surface area (Å²) in [6, 6.07) is 3.27. The van der Waals surface area contributed by atoms with Crippen LogP contribution in [0.15, 0.2) is 12.1 Å². The van der Waals surface area contributed by atoms with Crippen LogP contribution in [0, 0.1) is 0 Å². The minimum absolute atomic E-state index is 0.176. The summed E-state index contributed by atoms with van der Waals surface area (Å²) in [6.45, 7) is 0.